The number of hydrogen-bond donors (Lipinski definition) is 3. The van der Waals surface area contributed by atoms with Crippen LogP contribution in [0.15, 0.2) is 18.2 Å². The molecule has 2 aliphatic rings. The molecule has 9 heteroatoms. The first kappa shape index (κ1) is 21.0. The van der Waals surface area contributed by atoms with Gasteiger partial charge < -0.3 is 9.64 Å². The summed E-state index contributed by atoms with van der Waals surface area (Å²) in [6.45, 7) is 2.17. The monoisotopic (exact) mass is 400 g/mol. The zero-order chi connectivity index (χ0) is 20.5. The predicted octanol–water partition coefficient (Wildman–Crippen LogP) is 1.64. The summed E-state index contributed by atoms with van der Waals surface area (Å²) in [7, 11) is 0. The van der Waals surface area contributed by atoms with E-state index in [0.717, 1.165) is 31.5 Å². The third-order valence-corrected chi connectivity index (χ3v) is 4.94. The quantitative estimate of drug-likeness (QED) is 0.262. The Bertz CT molecular complexity index is 746. The molecule has 0 bridgehead atoms. The van der Waals surface area contributed by atoms with E-state index in [-0.39, 0.29) is 24.5 Å². The Hall–Kier alpha value is -2.70. The zero-order valence-corrected chi connectivity index (χ0v) is 16.5. The summed E-state index contributed by atoms with van der Waals surface area (Å²) in [6, 6.07) is 7.31. The number of nitriles is 1. The summed E-state index contributed by atoms with van der Waals surface area (Å²) in [4.78, 5) is 28.6. The number of pyridine rings is 1. The van der Waals surface area contributed by atoms with E-state index in [1.165, 1.54) is 17.7 Å². The number of rotatable bonds is 13. The molecule has 3 amide bonds. The summed E-state index contributed by atoms with van der Waals surface area (Å²) < 4.78 is 5.73. The van der Waals surface area contributed by atoms with Crippen LogP contribution >= 0.6 is 0 Å². The molecule has 2 fully saturated rings. The van der Waals surface area contributed by atoms with E-state index >= 15 is 0 Å². The van der Waals surface area contributed by atoms with Crippen LogP contribution in [-0.4, -0.2) is 48.1 Å². The van der Waals surface area contributed by atoms with Crippen LogP contribution < -0.4 is 20.9 Å². The van der Waals surface area contributed by atoms with E-state index < -0.39 is 0 Å². The first-order chi connectivity index (χ1) is 14.2. The topological polar surface area (TPSA) is 119 Å². The van der Waals surface area contributed by atoms with Crippen LogP contribution in [0, 0.1) is 17.2 Å². The highest BCUT2D eigenvalue weighted by Crippen LogP contribution is 2.29. The van der Waals surface area contributed by atoms with Crippen molar-refractivity contribution in [2.24, 2.45) is 5.92 Å². The standard InChI is InChI=1S/C20H28N6O3/c21-10-9-17(16-5-4-6-19(23-16)29-14-15-7-8-15)25-22-11-2-1-3-12-26-13-18(27)24-20(26)28/h4-6,15,17,22,25H,1-3,7-9,11-14H2,(H,24,27,28). The number of aromatic nitrogens is 1. The maximum Gasteiger partial charge on any atom is 0.324 e. The average Bonchev–Trinajstić information content (AvgIpc) is 3.49. The number of unbranched alkanes of at least 4 members (excludes halogenated alkanes) is 2. The highest BCUT2D eigenvalue weighted by atomic mass is 16.5. The van der Waals surface area contributed by atoms with Crippen molar-refractivity contribution in [3.63, 3.8) is 0 Å². The van der Waals surface area contributed by atoms with Gasteiger partial charge in [-0.25, -0.2) is 15.2 Å². The molecule has 0 spiro atoms. The molecule has 1 unspecified atom stereocenters. The first-order valence-electron chi connectivity index (χ1n) is 10.2. The molecule has 1 atom stereocenters. The smallest absolute Gasteiger partial charge is 0.324 e. The molecule has 1 saturated carbocycles. The van der Waals surface area contributed by atoms with Crippen molar-refractivity contribution in [2.45, 2.75) is 44.6 Å². The maximum absolute atomic E-state index is 11.5. The van der Waals surface area contributed by atoms with Crippen molar-refractivity contribution in [3.05, 3.63) is 23.9 Å². The molecule has 3 rings (SSSR count). The molecule has 1 aromatic heterocycles. The fraction of sp³-hybridized carbons (Fsp3) is 0.600. The van der Waals surface area contributed by atoms with Crippen molar-refractivity contribution in [3.8, 4) is 11.9 Å². The number of carbonyl (C=O) groups excluding carboxylic acids is 2. The number of amides is 3. The lowest BCUT2D eigenvalue weighted by molar-refractivity contribution is -0.118. The minimum absolute atomic E-state index is 0.158. The van der Waals surface area contributed by atoms with Crippen LogP contribution in [0.5, 0.6) is 5.88 Å². The molecule has 1 aliphatic heterocycles. The summed E-state index contributed by atoms with van der Waals surface area (Å²) in [5.41, 5.74) is 7.12. The Morgan fingerprint density at radius 2 is 2.17 bits per heavy atom. The number of urea groups is 1. The lowest BCUT2D eigenvalue weighted by Crippen LogP contribution is -2.36. The molecule has 2 heterocycles. The van der Waals surface area contributed by atoms with Gasteiger partial charge >= 0.3 is 6.03 Å². The second kappa shape index (κ2) is 10.7. The van der Waals surface area contributed by atoms with E-state index in [9.17, 15) is 9.59 Å². The third kappa shape index (κ3) is 7.00. The number of imide groups is 1. The first-order valence-corrected chi connectivity index (χ1v) is 10.2. The second-order valence-corrected chi connectivity index (χ2v) is 7.48. The molecular formula is C20H28N6O3. The number of hydrazine groups is 1. The van der Waals surface area contributed by atoms with Gasteiger partial charge in [0.05, 0.1) is 30.8 Å². The largest absolute Gasteiger partial charge is 0.477 e. The second-order valence-electron chi connectivity index (χ2n) is 7.48. The fourth-order valence-electron chi connectivity index (χ4n) is 3.07. The van der Waals surface area contributed by atoms with Gasteiger partial charge in [-0.3, -0.25) is 15.5 Å². The molecule has 1 aromatic rings. The van der Waals surface area contributed by atoms with E-state index in [1.807, 2.05) is 18.2 Å². The normalized spacial score (nSPS) is 17.1. The lowest BCUT2D eigenvalue weighted by atomic mass is 10.1. The Morgan fingerprint density at radius 1 is 1.31 bits per heavy atom. The van der Waals surface area contributed by atoms with E-state index in [2.05, 4.69) is 27.2 Å². The van der Waals surface area contributed by atoms with Gasteiger partial charge in [0, 0.05) is 19.2 Å². The minimum Gasteiger partial charge on any atom is -0.477 e. The van der Waals surface area contributed by atoms with Crippen molar-refractivity contribution in [1.82, 2.24) is 26.1 Å². The number of hydrogen-bond acceptors (Lipinski definition) is 7. The summed E-state index contributed by atoms with van der Waals surface area (Å²) in [5.74, 6) is 1.03. The molecule has 9 nitrogen and oxygen atoms in total. The van der Waals surface area contributed by atoms with Gasteiger partial charge in [0.15, 0.2) is 0 Å². The molecule has 1 saturated heterocycles. The molecule has 29 heavy (non-hydrogen) atoms. The molecule has 0 aromatic carbocycles. The SMILES string of the molecule is N#CCC(NNCCCCCN1CC(=O)NC1=O)c1cccc(OCC2CC2)n1. The van der Waals surface area contributed by atoms with Gasteiger partial charge in [-0.1, -0.05) is 12.5 Å². The van der Waals surface area contributed by atoms with Crippen molar-refractivity contribution in [1.29, 1.82) is 5.26 Å². The Balaban J connectivity index is 1.34. The number of ether oxygens (including phenoxy) is 1. The molecular weight excluding hydrogens is 372 g/mol. The van der Waals surface area contributed by atoms with Crippen molar-refractivity contribution >= 4 is 11.9 Å². The van der Waals surface area contributed by atoms with Crippen LogP contribution in [0.3, 0.4) is 0 Å². The fourth-order valence-corrected chi connectivity index (χ4v) is 3.07. The molecule has 0 radical (unpaired) electrons. The van der Waals surface area contributed by atoms with Gasteiger partial charge in [0.2, 0.25) is 11.8 Å². The van der Waals surface area contributed by atoms with Crippen LogP contribution in [0.4, 0.5) is 4.79 Å². The molecule has 1 aliphatic carbocycles. The number of carbonyl (C=O) groups is 2. The third-order valence-electron chi connectivity index (χ3n) is 4.94. The van der Waals surface area contributed by atoms with Crippen molar-refractivity contribution in [2.75, 3.05) is 26.2 Å². The highest BCUT2D eigenvalue weighted by Gasteiger charge is 2.25. The summed E-state index contributed by atoms with van der Waals surface area (Å²) >= 11 is 0. The Morgan fingerprint density at radius 3 is 2.90 bits per heavy atom. The van der Waals surface area contributed by atoms with E-state index in [4.69, 9.17) is 10.00 Å². The predicted molar refractivity (Wildman–Crippen MR) is 106 cm³/mol. The Labute approximate surface area is 170 Å². The highest BCUT2D eigenvalue weighted by molar-refractivity contribution is 6.01. The zero-order valence-electron chi connectivity index (χ0n) is 16.5. The van der Waals surface area contributed by atoms with Crippen LogP contribution in [0.25, 0.3) is 0 Å². The Kier molecular flexibility index (Phi) is 7.78. The number of nitrogens with zero attached hydrogens (tertiary/aromatic N) is 3. The average molecular weight is 400 g/mol. The molecule has 3 N–H and O–H groups in total. The lowest BCUT2D eigenvalue weighted by Gasteiger charge is -2.17. The summed E-state index contributed by atoms with van der Waals surface area (Å²) in [6.07, 6.45) is 5.43. The van der Waals surface area contributed by atoms with Crippen LogP contribution in [-0.2, 0) is 4.79 Å². The maximum atomic E-state index is 11.5. The minimum atomic E-state index is -0.301. The van der Waals surface area contributed by atoms with Gasteiger partial charge in [-0.2, -0.15) is 5.26 Å². The van der Waals surface area contributed by atoms with Gasteiger partial charge in [-0.05, 0) is 37.7 Å². The van der Waals surface area contributed by atoms with Gasteiger partial charge in [-0.15, -0.1) is 0 Å². The summed E-state index contributed by atoms with van der Waals surface area (Å²) in [5, 5.41) is 11.4. The molecule has 156 valence electrons. The number of nitrogens with one attached hydrogen (secondary N) is 3. The van der Waals surface area contributed by atoms with Crippen LogP contribution in [0.1, 0.15) is 50.3 Å². The van der Waals surface area contributed by atoms with E-state index in [1.54, 1.807) is 0 Å². The van der Waals surface area contributed by atoms with Crippen LogP contribution in [0.2, 0.25) is 0 Å². The van der Waals surface area contributed by atoms with Gasteiger partial charge in [0.25, 0.3) is 0 Å². The van der Waals surface area contributed by atoms with E-state index in [0.29, 0.717) is 31.4 Å². The van der Waals surface area contributed by atoms with Gasteiger partial charge in [0.1, 0.15) is 6.54 Å². The van der Waals surface area contributed by atoms with Crippen molar-refractivity contribution < 1.29 is 14.3 Å².